The van der Waals surface area contributed by atoms with Crippen LogP contribution in [0.3, 0.4) is 0 Å². The summed E-state index contributed by atoms with van der Waals surface area (Å²) in [6.07, 6.45) is 1.80. The van der Waals surface area contributed by atoms with Crippen molar-refractivity contribution in [2.45, 2.75) is 25.0 Å². The number of para-hydroxylation sites is 2. The molecule has 0 N–H and O–H groups in total. The first-order valence-corrected chi connectivity index (χ1v) is 8.80. The predicted octanol–water partition coefficient (Wildman–Crippen LogP) is 1.18. The average molecular weight is 345 g/mol. The number of likely N-dealkylation sites (tertiary alicyclic amines) is 1. The van der Waals surface area contributed by atoms with Crippen LogP contribution < -0.4 is 9.47 Å². The lowest BCUT2D eigenvalue weighted by Gasteiger charge is -2.38. The summed E-state index contributed by atoms with van der Waals surface area (Å²) in [7, 11) is 1.67. The lowest BCUT2D eigenvalue weighted by Crippen LogP contribution is -2.53. The Bertz CT molecular complexity index is 680. The van der Waals surface area contributed by atoms with Crippen molar-refractivity contribution < 1.29 is 19.1 Å². The van der Waals surface area contributed by atoms with Gasteiger partial charge >= 0.3 is 6.03 Å². The minimum atomic E-state index is -0.178. The van der Waals surface area contributed by atoms with Crippen molar-refractivity contribution >= 4 is 11.9 Å². The van der Waals surface area contributed by atoms with Gasteiger partial charge in [0.05, 0.1) is 6.04 Å². The molecule has 0 unspecified atom stereocenters. The maximum absolute atomic E-state index is 12.2. The second kappa shape index (κ2) is 6.55. The summed E-state index contributed by atoms with van der Waals surface area (Å²) >= 11 is 0. The molecule has 4 rings (SSSR count). The van der Waals surface area contributed by atoms with E-state index >= 15 is 0 Å². The fourth-order valence-electron chi connectivity index (χ4n) is 3.85. The van der Waals surface area contributed by atoms with Crippen molar-refractivity contribution in [3.8, 4) is 11.5 Å². The Morgan fingerprint density at radius 2 is 2.00 bits per heavy atom. The maximum Gasteiger partial charge on any atom is 0.327 e. The normalized spacial score (nSPS) is 27.1. The summed E-state index contributed by atoms with van der Waals surface area (Å²) in [5, 5.41) is 0. The molecule has 0 saturated carbocycles. The molecule has 134 valence electrons. The van der Waals surface area contributed by atoms with Gasteiger partial charge in [-0.15, -0.1) is 0 Å². The maximum atomic E-state index is 12.2. The Hall–Kier alpha value is -2.28. The number of fused-ring (bicyclic) bond motifs is 1. The number of urea groups is 1. The number of amides is 3. The van der Waals surface area contributed by atoms with E-state index in [0.717, 1.165) is 37.4 Å². The lowest BCUT2D eigenvalue weighted by molar-refractivity contribution is -0.127. The summed E-state index contributed by atoms with van der Waals surface area (Å²) < 4.78 is 11.8. The molecule has 2 fully saturated rings. The van der Waals surface area contributed by atoms with Crippen LogP contribution in [0.2, 0.25) is 0 Å². The molecule has 0 aromatic heterocycles. The van der Waals surface area contributed by atoms with Gasteiger partial charge in [0.2, 0.25) is 0 Å². The molecule has 3 aliphatic rings. The van der Waals surface area contributed by atoms with Gasteiger partial charge in [-0.1, -0.05) is 12.1 Å². The van der Waals surface area contributed by atoms with E-state index in [9.17, 15) is 9.59 Å². The van der Waals surface area contributed by atoms with Gasteiger partial charge in [-0.3, -0.25) is 14.6 Å². The van der Waals surface area contributed by atoms with Crippen molar-refractivity contribution in [2.24, 2.45) is 0 Å². The van der Waals surface area contributed by atoms with Gasteiger partial charge in [-0.05, 0) is 31.5 Å². The Morgan fingerprint density at radius 1 is 1.20 bits per heavy atom. The molecule has 0 aliphatic carbocycles. The van der Waals surface area contributed by atoms with Gasteiger partial charge in [-0.2, -0.15) is 0 Å². The number of carbonyl (C=O) groups excluding carboxylic acids is 2. The third-order valence-corrected chi connectivity index (χ3v) is 5.05. The molecule has 3 aliphatic heterocycles. The standard InChI is InChI=1S/C18H23N3O4/c1-19-11-17(22)21(18(19)23)13-5-4-8-20(9-13)10-14-12-24-15-6-2-3-7-16(15)25-14/h2-3,6-7,13-14H,4-5,8-12H2,1H3/t13-,14-/m0/s1. The minimum Gasteiger partial charge on any atom is -0.486 e. The summed E-state index contributed by atoms with van der Waals surface area (Å²) in [6.45, 7) is 3.09. The number of nitrogens with zero attached hydrogens (tertiary/aromatic N) is 3. The van der Waals surface area contributed by atoms with Gasteiger partial charge in [0.25, 0.3) is 5.91 Å². The molecule has 0 bridgehead atoms. The first kappa shape index (κ1) is 16.2. The van der Waals surface area contributed by atoms with Crippen LogP contribution in [0.15, 0.2) is 24.3 Å². The van der Waals surface area contributed by atoms with E-state index < -0.39 is 0 Å². The lowest BCUT2D eigenvalue weighted by atomic mass is 10.0. The van der Waals surface area contributed by atoms with Gasteiger partial charge in [-0.25, -0.2) is 4.79 Å². The molecule has 3 heterocycles. The molecule has 25 heavy (non-hydrogen) atoms. The number of ether oxygens (including phenoxy) is 2. The van der Waals surface area contributed by atoms with Crippen molar-refractivity contribution in [1.29, 1.82) is 0 Å². The zero-order valence-electron chi connectivity index (χ0n) is 14.4. The second-order valence-corrected chi connectivity index (χ2v) is 6.96. The van der Waals surface area contributed by atoms with Gasteiger partial charge in [0.15, 0.2) is 11.5 Å². The average Bonchev–Trinajstić information content (AvgIpc) is 2.87. The second-order valence-electron chi connectivity index (χ2n) is 6.96. The Balaban J connectivity index is 1.38. The number of piperidine rings is 1. The van der Waals surface area contributed by atoms with Crippen LogP contribution in [-0.2, 0) is 4.79 Å². The van der Waals surface area contributed by atoms with Crippen molar-refractivity contribution in [2.75, 3.05) is 39.8 Å². The van der Waals surface area contributed by atoms with Gasteiger partial charge < -0.3 is 14.4 Å². The van der Waals surface area contributed by atoms with Gasteiger partial charge in [0.1, 0.15) is 19.3 Å². The smallest absolute Gasteiger partial charge is 0.327 e. The van der Waals surface area contributed by atoms with Crippen molar-refractivity contribution in [3.63, 3.8) is 0 Å². The van der Waals surface area contributed by atoms with Crippen molar-refractivity contribution in [1.82, 2.24) is 14.7 Å². The molecule has 0 spiro atoms. The SMILES string of the molecule is CN1CC(=O)N([C@H]2CCCN(C[C@H]3COc4ccccc4O3)C2)C1=O. The first-order valence-electron chi connectivity index (χ1n) is 8.80. The van der Waals surface area contributed by atoms with Crippen LogP contribution in [-0.4, -0.2) is 78.6 Å². The largest absolute Gasteiger partial charge is 0.486 e. The Morgan fingerprint density at radius 3 is 2.76 bits per heavy atom. The van der Waals surface area contributed by atoms with Gasteiger partial charge in [0, 0.05) is 20.1 Å². The fourth-order valence-corrected chi connectivity index (χ4v) is 3.85. The monoisotopic (exact) mass is 345 g/mol. The topological polar surface area (TPSA) is 62.3 Å². The van der Waals surface area contributed by atoms with E-state index in [1.54, 1.807) is 7.05 Å². The van der Waals surface area contributed by atoms with Crippen LogP contribution in [0.5, 0.6) is 11.5 Å². The number of rotatable bonds is 3. The number of hydrogen-bond donors (Lipinski definition) is 0. The highest BCUT2D eigenvalue weighted by Crippen LogP contribution is 2.31. The molecular formula is C18H23N3O4. The molecular weight excluding hydrogens is 322 g/mol. The highest BCUT2D eigenvalue weighted by atomic mass is 16.6. The van der Waals surface area contributed by atoms with Crippen LogP contribution in [0, 0.1) is 0 Å². The summed E-state index contributed by atoms with van der Waals surface area (Å²) in [5.74, 6) is 1.47. The van der Waals surface area contributed by atoms with E-state index in [2.05, 4.69) is 4.90 Å². The fraction of sp³-hybridized carbons (Fsp3) is 0.556. The highest BCUT2D eigenvalue weighted by Gasteiger charge is 2.40. The number of benzene rings is 1. The number of hydrogen-bond acceptors (Lipinski definition) is 5. The van der Waals surface area contributed by atoms with E-state index in [-0.39, 0.29) is 30.6 Å². The molecule has 0 radical (unpaired) electrons. The zero-order chi connectivity index (χ0) is 17.4. The first-order chi connectivity index (χ1) is 12.1. The predicted molar refractivity (Wildman–Crippen MR) is 90.7 cm³/mol. The van der Waals surface area contributed by atoms with E-state index in [1.165, 1.54) is 9.80 Å². The highest BCUT2D eigenvalue weighted by molar-refractivity contribution is 6.02. The zero-order valence-corrected chi connectivity index (χ0v) is 14.4. The quantitative estimate of drug-likeness (QED) is 0.770. The van der Waals surface area contributed by atoms with E-state index in [4.69, 9.17) is 9.47 Å². The molecule has 1 aromatic rings. The number of carbonyl (C=O) groups is 2. The molecule has 2 atom stereocenters. The number of imide groups is 1. The summed E-state index contributed by atoms with van der Waals surface area (Å²) in [6, 6.07) is 7.46. The van der Waals surface area contributed by atoms with E-state index in [1.807, 2.05) is 24.3 Å². The summed E-state index contributed by atoms with van der Waals surface area (Å²) in [5.41, 5.74) is 0. The third kappa shape index (κ3) is 3.16. The Kier molecular flexibility index (Phi) is 4.25. The molecule has 7 heteroatoms. The van der Waals surface area contributed by atoms with Crippen molar-refractivity contribution in [3.05, 3.63) is 24.3 Å². The minimum absolute atomic E-state index is 0.0405. The summed E-state index contributed by atoms with van der Waals surface area (Å²) in [4.78, 5) is 29.5. The van der Waals surface area contributed by atoms with Crippen LogP contribution in [0.1, 0.15) is 12.8 Å². The Labute approximate surface area is 147 Å². The molecule has 7 nitrogen and oxygen atoms in total. The van der Waals surface area contributed by atoms with Crippen LogP contribution in [0.25, 0.3) is 0 Å². The van der Waals surface area contributed by atoms with E-state index in [0.29, 0.717) is 13.2 Å². The van der Waals surface area contributed by atoms with Crippen LogP contribution >= 0.6 is 0 Å². The molecule has 1 aromatic carbocycles. The number of likely N-dealkylation sites (N-methyl/N-ethyl adjacent to an activating group) is 1. The van der Waals surface area contributed by atoms with Crippen LogP contribution in [0.4, 0.5) is 4.79 Å². The third-order valence-electron chi connectivity index (χ3n) is 5.05. The molecule has 3 amide bonds. The molecule has 2 saturated heterocycles.